The summed E-state index contributed by atoms with van der Waals surface area (Å²) in [7, 11) is 0. The zero-order valence-electron chi connectivity index (χ0n) is 19.8. The first-order valence-electron chi connectivity index (χ1n) is 11.9. The van der Waals surface area contributed by atoms with Crippen molar-refractivity contribution in [2.24, 2.45) is 0 Å². The fourth-order valence-electron chi connectivity index (χ4n) is 4.05. The molecule has 2 amide bonds. The molecule has 1 N–H and O–H groups in total. The maximum absolute atomic E-state index is 13.0. The second-order valence-electron chi connectivity index (χ2n) is 8.67. The van der Waals surface area contributed by atoms with Crippen molar-refractivity contribution in [3.05, 3.63) is 70.2 Å². The van der Waals surface area contributed by atoms with Crippen molar-refractivity contribution < 1.29 is 14.3 Å². The zero-order valence-corrected chi connectivity index (χ0v) is 20.6. The van der Waals surface area contributed by atoms with Crippen molar-refractivity contribution in [3.8, 4) is 11.1 Å². The lowest BCUT2D eigenvalue weighted by Crippen LogP contribution is -2.38. The minimum Gasteiger partial charge on any atom is -0.449 e. The molecule has 7 heteroatoms. The Labute approximate surface area is 205 Å². The Hall–Kier alpha value is -3.19. The highest BCUT2D eigenvalue weighted by Crippen LogP contribution is 2.32. The Morgan fingerprint density at radius 1 is 1.12 bits per heavy atom. The number of likely N-dealkylation sites (tertiary alicyclic amines) is 1. The van der Waals surface area contributed by atoms with Crippen LogP contribution in [0.5, 0.6) is 0 Å². The fraction of sp³-hybridized carbons (Fsp3) is 0.370. The molecule has 1 aromatic heterocycles. The Balaban J connectivity index is 1.37. The zero-order chi connectivity index (χ0) is 23.9. The van der Waals surface area contributed by atoms with Crippen LogP contribution >= 0.6 is 11.3 Å². The molecule has 0 radical (unpaired) electrons. The standard InChI is InChI=1S/C27H31N3O3S/c1-3-4-17-33-27(32)30-15-13-21(14-16-30)26-29-24(18-34-26)25(31)28-23-8-6-5-7-22(23)20-11-9-19(2)10-12-20/h5-12,18,21H,3-4,13-17H2,1-2H3,(H,28,31). The van der Waals surface area contributed by atoms with Gasteiger partial charge < -0.3 is 15.0 Å². The van der Waals surface area contributed by atoms with E-state index in [9.17, 15) is 9.59 Å². The van der Waals surface area contributed by atoms with Gasteiger partial charge in [-0.05, 0) is 37.8 Å². The van der Waals surface area contributed by atoms with Crippen LogP contribution in [0.2, 0.25) is 0 Å². The van der Waals surface area contributed by atoms with Gasteiger partial charge in [-0.1, -0.05) is 61.4 Å². The molecule has 0 unspecified atom stereocenters. The first-order chi connectivity index (χ1) is 16.5. The Kier molecular flexibility index (Phi) is 7.95. The van der Waals surface area contributed by atoms with E-state index in [0.29, 0.717) is 25.4 Å². The Bertz CT molecular complexity index is 1120. The number of unbranched alkanes of at least 4 members (excludes halogenated alkanes) is 1. The summed E-state index contributed by atoms with van der Waals surface area (Å²) in [6, 6.07) is 16.1. The van der Waals surface area contributed by atoms with Crippen LogP contribution in [0.4, 0.5) is 10.5 Å². The number of amides is 2. The molecule has 3 aromatic rings. The van der Waals surface area contributed by atoms with Crippen LogP contribution in [0.15, 0.2) is 53.9 Å². The quantitative estimate of drug-likeness (QED) is 0.395. The van der Waals surface area contributed by atoms with E-state index < -0.39 is 0 Å². The smallest absolute Gasteiger partial charge is 0.409 e. The molecule has 0 spiro atoms. The van der Waals surface area contributed by atoms with Gasteiger partial charge in [-0.25, -0.2) is 9.78 Å². The average Bonchev–Trinajstić information content (AvgIpc) is 3.36. The summed E-state index contributed by atoms with van der Waals surface area (Å²) < 4.78 is 5.32. The number of ether oxygens (including phenoxy) is 1. The maximum atomic E-state index is 13.0. The van der Waals surface area contributed by atoms with Gasteiger partial charge in [0.15, 0.2) is 0 Å². The fourth-order valence-corrected chi connectivity index (χ4v) is 5.02. The molecule has 0 saturated carbocycles. The van der Waals surface area contributed by atoms with Gasteiger partial charge in [0.1, 0.15) is 5.69 Å². The molecular formula is C27H31N3O3S. The third-order valence-corrected chi connectivity index (χ3v) is 7.13. The topological polar surface area (TPSA) is 71.5 Å². The van der Waals surface area contributed by atoms with E-state index in [1.165, 1.54) is 16.9 Å². The van der Waals surface area contributed by atoms with Gasteiger partial charge >= 0.3 is 6.09 Å². The lowest BCUT2D eigenvalue weighted by Gasteiger charge is -2.30. The highest BCUT2D eigenvalue weighted by Gasteiger charge is 2.27. The average molecular weight is 478 g/mol. The number of thiazole rings is 1. The van der Waals surface area contributed by atoms with E-state index in [1.807, 2.05) is 29.6 Å². The monoisotopic (exact) mass is 477 g/mol. The van der Waals surface area contributed by atoms with Gasteiger partial charge in [0.2, 0.25) is 0 Å². The minimum absolute atomic E-state index is 0.209. The predicted octanol–water partition coefficient (Wildman–Crippen LogP) is 6.49. The summed E-state index contributed by atoms with van der Waals surface area (Å²) in [5.74, 6) is 0.0464. The third kappa shape index (κ3) is 5.83. The van der Waals surface area contributed by atoms with E-state index >= 15 is 0 Å². The molecule has 2 aromatic carbocycles. The molecule has 6 nitrogen and oxygen atoms in total. The molecule has 1 aliphatic rings. The lowest BCUT2D eigenvalue weighted by molar-refractivity contribution is 0.0916. The molecule has 4 rings (SSSR count). The maximum Gasteiger partial charge on any atom is 0.409 e. The summed E-state index contributed by atoms with van der Waals surface area (Å²) in [5, 5.41) is 5.82. The number of para-hydroxylation sites is 1. The van der Waals surface area contributed by atoms with Crippen molar-refractivity contribution >= 4 is 29.0 Å². The summed E-state index contributed by atoms with van der Waals surface area (Å²) in [5.41, 5.74) is 4.42. The van der Waals surface area contributed by atoms with E-state index in [2.05, 4.69) is 48.4 Å². The normalized spacial score (nSPS) is 14.1. The van der Waals surface area contributed by atoms with Gasteiger partial charge in [-0.3, -0.25) is 4.79 Å². The number of carbonyl (C=O) groups is 2. The predicted molar refractivity (Wildman–Crippen MR) is 136 cm³/mol. The van der Waals surface area contributed by atoms with Crippen LogP contribution in [-0.4, -0.2) is 41.6 Å². The van der Waals surface area contributed by atoms with Crippen LogP contribution in [0.3, 0.4) is 0 Å². The van der Waals surface area contributed by atoms with Crippen LogP contribution in [0.1, 0.15) is 59.6 Å². The second kappa shape index (κ2) is 11.3. The first kappa shape index (κ1) is 24.0. The molecule has 1 saturated heterocycles. The molecule has 1 aliphatic heterocycles. The lowest BCUT2D eigenvalue weighted by atomic mass is 9.98. The Morgan fingerprint density at radius 3 is 2.59 bits per heavy atom. The summed E-state index contributed by atoms with van der Waals surface area (Å²) in [6.07, 6.45) is 3.33. The number of piperidine rings is 1. The molecule has 0 aliphatic carbocycles. The van der Waals surface area contributed by atoms with E-state index in [-0.39, 0.29) is 17.9 Å². The first-order valence-corrected chi connectivity index (χ1v) is 12.8. The van der Waals surface area contributed by atoms with Crippen molar-refractivity contribution in [1.29, 1.82) is 0 Å². The highest BCUT2D eigenvalue weighted by atomic mass is 32.1. The Morgan fingerprint density at radius 2 is 1.85 bits per heavy atom. The van der Waals surface area contributed by atoms with Crippen LogP contribution in [0, 0.1) is 6.92 Å². The number of aryl methyl sites for hydroxylation is 1. The number of aromatic nitrogens is 1. The van der Waals surface area contributed by atoms with E-state index in [4.69, 9.17) is 4.74 Å². The van der Waals surface area contributed by atoms with E-state index in [1.54, 1.807) is 4.90 Å². The molecule has 0 bridgehead atoms. The number of hydrogen-bond acceptors (Lipinski definition) is 5. The molecule has 178 valence electrons. The number of nitrogens with one attached hydrogen (secondary N) is 1. The SMILES string of the molecule is CCCCOC(=O)N1CCC(c2nc(C(=O)Nc3ccccc3-c3ccc(C)cc3)cs2)CC1. The minimum atomic E-state index is -0.224. The van der Waals surface area contributed by atoms with Crippen LogP contribution in [0.25, 0.3) is 11.1 Å². The number of nitrogens with zero attached hydrogens (tertiary/aromatic N) is 2. The van der Waals surface area contributed by atoms with Crippen molar-refractivity contribution in [2.45, 2.75) is 45.4 Å². The van der Waals surface area contributed by atoms with Crippen LogP contribution in [-0.2, 0) is 4.74 Å². The van der Waals surface area contributed by atoms with Gasteiger partial charge in [-0.2, -0.15) is 0 Å². The number of anilines is 1. The largest absolute Gasteiger partial charge is 0.449 e. The van der Waals surface area contributed by atoms with Gasteiger partial charge in [0, 0.05) is 35.6 Å². The van der Waals surface area contributed by atoms with Crippen LogP contribution < -0.4 is 5.32 Å². The van der Waals surface area contributed by atoms with Crippen molar-refractivity contribution in [3.63, 3.8) is 0 Å². The molecular weight excluding hydrogens is 446 g/mol. The number of hydrogen-bond donors (Lipinski definition) is 1. The third-order valence-electron chi connectivity index (χ3n) is 6.12. The van der Waals surface area contributed by atoms with Gasteiger partial charge in [-0.15, -0.1) is 11.3 Å². The molecule has 34 heavy (non-hydrogen) atoms. The number of rotatable bonds is 7. The number of carbonyl (C=O) groups excluding carboxylic acids is 2. The molecule has 0 atom stereocenters. The van der Waals surface area contributed by atoms with E-state index in [0.717, 1.165) is 47.5 Å². The van der Waals surface area contributed by atoms with Crippen molar-refractivity contribution in [2.75, 3.05) is 25.0 Å². The summed E-state index contributed by atoms with van der Waals surface area (Å²) in [6.45, 7) is 5.92. The van der Waals surface area contributed by atoms with Gasteiger partial charge in [0.05, 0.1) is 11.6 Å². The second-order valence-corrected chi connectivity index (χ2v) is 9.56. The summed E-state index contributed by atoms with van der Waals surface area (Å²) in [4.78, 5) is 31.6. The van der Waals surface area contributed by atoms with Gasteiger partial charge in [0.25, 0.3) is 5.91 Å². The molecule has 2 heterocycles. The number of benzene rings is 2. The van der Waals surface area contributed by atoms with Crippen molar-refractivity contribution in [1.82, 2.24) is 9.88 Å². The highest BCUT2D eigenvalue weighted by molar-refractivity contribution is 7.10. The molecule has 1 fully saturated rings. The summed E-state index contributed by atoms with van der Waals surface area (Å²) >= 11 is 1.52.